The van der Waals surface area contributed by atoms with Crippen molar-refractivity contribution in [3.8, 4) is 0 Å². The van der Waals surface area contributed by atoms with Crippen molar-refractivity contribution in [1.29, 1.82) is 0 Å². The quantitative estimate of drug-likeness (QED) is 0.796. The van der Waals surface area contributed by atoms with Crippen LogP contribution < -0.4 is 0 Å². The van der Waals surface area contributed by atoms with Gasteiger partial charge in [-0.2, -0.15) is 0 Å². The third kappa shape index (κ3) is 3.94. The molecule has 0 spiro atoms. The zero-order valence-corrected chi connectivity index (χ0v) is 14.7. The van der Waals surface area contributed by atoms with E-state index in [-0.39, 0.29) is 11.5 Å². The molecule has 0 aromatic heterocycles. The fourth-order valence-electron chi connectivity index (χ4n) is 2.72. The minimum absolute atomic E-state index is 0.0509. The first kappa shape index (κ1) is 17.7. The minimum Gasteiger partial charge on any atom is -0.335 e. The molecular formula is C18H15Cl2FN2O2. The predicted molar refractivity (Wildman–Crippen MR) is 94.7 cm³/mol. The van der Waals surface area contributed by atoms with Gasteiger partial charge in [0.15, 0.2) is 0 Å². The molecule has 7 heteroatoms. The van der Waals surface area contributed by atoms with E-state index >= 15 is 0 Å². The van der Waals surface area contributed by atoms with E-state index in [9.17, 15) is 14.0 Å². The summed E-state index contributed by atoms with van der Waals surface area (Å²) in [5.41, 5.74) is 0.495. The molecule has 1 saturated heterocycles. The van der Waals surface area contributed by atoms with Gasteiger partial charge in [0, 0.05) is 41.8 Å². The van der Waals surface area contributed by atoms with E-state index in [1.165, 1.54) is 23.1 Å². The summed E-state index contributed by atoms with van der Waals surface area (Å²) in [5.74, 6) is -1.13. The Morgan fingerprint density at radius 1 is 0.800 bits per heavy atom. The van der Waals surface area contributed by atoms with Crippen LogP contribution in [0.4, 0.5) is 4.39 Å². The van der Waals surface area contributed by atoms with E-state index in [2.05, 4.69) is 0 Å². The molecule has 1 aliphatic rings. The molecule has 1 heterocycles. The maximum atomic E-state index is 13.9. The van der Waals surface area contributed by atoms with Crippen LogP contribution in [-0.4, -0.2) is 47.8 Å². The zero-order chi connectivity index (χ0) is 18.0. The Bertz CT molecular complexity index is 803. The highest BCUT2D eigenvalue weighted by atomic mass is 35.5. The third-order valence-corrected chi connectivity index (χ3v) is 4.59. The number of amides is 2. The number of nitrogens with zero attached hydrogens (tertiary/aromatic N) is 2. The Morgan fingerprint density at radius 2 is 1.32 bits per heavy atom. The number of rotatable bonds is 2. The molecule has 130 valence electrons. The molecule has 4 nitrogen and oxygen atoms in total. The van der Waals surface area contributed by atoms with Gasteiger partial charge in [0.2, 0.25) is 0 Å². The van der Waals surface area contributed by atoms with Crippen molar-refractivity contribution in [1.82, 2.24) is 9.80 Å². The van der Waals surface area contributed by atoms with Crippen LogP contribution in [0.25, 0.3) is 0 Å². The maximum Gasteiger partial charge on any atom is 0.257 e. The largest absolute Gasteiger partial charge is 0.335 e. The van der Waals surface area contributed by atoms with E-state index in [4.69, 9.17) is 23.2 Å². The van der Waals surface area contributed by atoms with Crippen molar-refractivity contribution < 1.29 is 14.0 Å². The third-order valence-electron chi connectivity index (χ3n) is 4.10. The number of piperazine rings is 1. The molecule has 0 aliphatic carbocycles. The molecular weight excluding hydrogens is 366 g/mol. The SMILES string of the molecule is O=C(c1ccc(Cl)cc1)N1CCN(C(=O)c2cc(Cl)ccc2F)CC1. The first-order valence-corrected chi connectivity index (χ1v) is 8.50. The van der Waals surface area contributed by atoms with Crippen LogP contribution >= 0.6 is 23.2 Å². The van der Waals surface area contributed by atoms with Crippen molar-refractivity contribution in [3.63, 3.8) is 0 Å². The normalized spacial score (nSPS) is 14.5. The van der Waals surface area contributed by atoms with Gasteiger partial charge in [0.05, 0.1) is 5.56 Å². The summed E-state index contributed by atoms with van der Waals surface area (Å²) in [5, 5.41) is 0.872. The van der Waals surface area contributed by atoms with Gasteiger partial charge < -0.3 is 9.80 Å². The summed E-state index contributed by atoms with van der Waals surface area (Å²) in [6.45, 7) is 1.44. The van der Waals surface area contributed by atoms with Crippen LogP contribution in [0.1, 0.15) is 20.7 Å². The lowest BCUT2D eigenvalue weighted by Gasteiger charge is -2.35. The number of carbonyl (C=O) groups excluding carboxylic acids is 2. The second-order valence-corrected chi connectivity index (χ2v) is 6.59. The molecule has 3 rings (SSSR count). The van der Waals surface area contributed by atoms with Crippen LogP contribution in [0.5, 0.6) is 0 Å². The highest BCUT2D eigenvalue weighted by molar-refractivity contribution is 6.31. The van der Waals surface area contributed by atoms with Crippen LogP contribution in [0.2, 0.25) is 10.0 Å². The topological polar surface area (TPSA) is 40.6 Å². The smallest absolute Gasteiger partial charge is 0.257 e. The standard InChI is InChI=1S/C18H15Cl2FN2O2/c19-13-3-1-12(2-4-13)17(24)22-7-9-23(10-8-22)18(25)15-11-14(20)5-6-16(15)21/h1-6,11H,7-10H2. The van der Waals surface area contributed by atoms with Gasteiger partial charge in [-0.05, 0) is 42.5 Å². The van der Waals surface area contributed by atoms with Crippen LogP contribution in [-0.2, 0) is 0 Å². The second-order valence-electron chi connectivity index (χ2n) is 5.72. The van der Waals surface area contributed by atoms with Gasteiger partial charge >= 0.3 is 0 Å². The average Bonchev–Trinajstić information content (AvgIpc) is 2.63. The Balaban J connectivity index is 1.65. The lowest BCUT2D eigenvalue weighted by Crippen LogP contribution is -2.50. The molecule has 2 amide bonds. The molecule has 2 aromatic rings. The van der Waals surface area contributed by atoms with Crippen LogP contribution in [0.15, 0.2) is 42.5 Å². The van der Waals surface area contributed by atoms with Gasteiger partial charge in [-0.3, -0.25) is 9.59 Å². The highest BCUT2D eigenvalue weighted by Gasteiger charge is 2.26. The number of hydrogen-bond acceptors (Lipinski definition) is 2. The van der Waals surface area contributed by atoms with Crippen molar-refractivity contribution in [3.05, 3.63) is 69.5 Å². The van der Waals surface area contributed by atoms with Gasteiger partial charge in [-0.25, -0.2) is 4.39 Å². The highest BCUT2D eigenvalue weighted by Crippen LogP contribution is 2.18. The Labute approximate surface area is 154 Å². The maximum absolute atomic E-state index is 13.9. The molecule has 0 radical (unpaired) electrons. The number of halogens is 3. The number of benzene rings is 2. The molecule has 0 bridgehead atoms. The van der Waals surface area contributed by atoms with Crippen molar-refractivity contribution >= 4 is 35.0 Å². The lowest BCUT2D eigenvalue weighted by molar-refractivity contribution is 0.0533. The molecule has 1 aliphatic heterocycles. The fourth-order valence-corrected chi connectivity index (χ4v) is 3.02. The van der Waals surface area contributed by atoms with E-state index in [1.807, 2.05) is 0 Å². The summed E-state index contributed by atoms with van der Waals surface area (Å²) in [7, 11) is 0. The first-order valence-electron chi connectivity index (χ1n) is 7.75. The van der Waals surface area contributed by atoms with E-state index in [1.54, 1.807) is 29.2 Å². The molecule has 2 aromatic carbocycles. The molecule has 0 atom stereocenters. The molecule has 0 N–H and O–H groups in total. The molecule has 0 unspecified atom stereocenters. The van der Waals surface area contributed by atoms with E-state index in [0.717, 1.165) is 0 Å². The fraction of sp³-hybridized carbons (Fsp3) is 0.222. The number of carbonyl (C=O) groups is 2. The Kier molecular flexibility index (Phi) is 5.25. The van der Waals surface area contributed by atoms with Gasteiger partial charge in [-0.1, -0.05) is 23.2 Å². The van der Waals surface area contributed by atoms with Crippen LogP contribution in [0, 0.1) is 5.82 Å². The van der Waals surface area contributed by atoms with Gasteiger partial charge in [0.25, 0.3) is 11.8 Å². The number of hydrogen-bond donors (Lipinski definition) is 0. The molecule has 1 fully saturated rings. The second kappa shape index (κ2) is 7.42. The summed E-state index contributed by atoms with van der Waals surface area (Å²) in [6.07, 6.45) is 0. The molecule has 0 saturated carbocycles. The average molecular weight is 381 g/mol. The Hall–Kier alpha value is -2.11. The molecule has 25 heavy (non-hydrogen) atoms. The van der Waals surface area contributed by atoms with Gasteiger partial charge in [-0.15, -0.1) is 0 Å². The Morgan fingerprint density at radius 3 is 1.92 bits per heavy atom. The first-order chi connectivity index (χ1) is 12.0. The van der Waals surface area contributed by atoms with Crippen molar-refractivity contribution in [2.45, 2.75) is 0 Å². The van der Waals surface area contributed by atoms with E-state index in [0.29, 0.717) is 41.8 Å². The van der Waals surface area contributed by atoms with Crippen LogP contribution in [0.3, 0.4) is 0 Å². The summed E-state index contributed by atoms with van der Waals surface area (Å²) >= 11 is 11.7. The van der Waals surface area contributed by atoms with Gasteiger partial charge in [0.1, 0.15) is 5.82 Å². The lowest BCUT2D eigenvalue weighted by atomic mass is 10.1. The van der Waals surface area contributed by atoms with Crippen molar-refractivity contribution in [2.75, 3.05) is 26.2 Å². The summed E-state index contributed by atoms with van der Waals surface area (Å²) in [4.78, 5) is 28.1. The summed E-state index contributed by atoms with van der Waals surface area (Å²) in [6, 6.07) is 10.6. The minimum atomic E-state index is -0.603. The van der Waals surface area contributed by atoms with Crippen molar-refractivity contribution in [2.24, 2.45) is 0 Å². The summed E-state index contributed by atoms with van der Waals surface area (Å²) < 4.78 is 13.9. The zero-order valence-electron chi connectivity index (χ0n) is 13.2. The monoisotopic (exact) mass is 380 g/mol. The predicted octanol–water partition coefficient (Wildman–Crippen LogP) is 3.73. The van der Waals surface area contributed by atoms with E-state index < -0.39 is 11.7 Å².